The SMILES string of the molecule is CCCCCCC(C)NC(=NCC(=O)N(C)CCc1ccccn1)NCC.I. The van der Waals surface area contributed by atoms with Crippen molar-refractivity contribution in [1.29, 1.82) is 0 Å². The van der Waals surface area contributed by atoms with E-state index in [9.17, 15) is 4.79 Å². The van der Waals surface area contributed by atoms with Crippen molar-refractivity contribution in [2.75, 3.05) is 26.7 Å². The number of guanidine groups is 1. The van der Waals surface area contributed by atoms with Gasteiger partial charge in [-0.05, 0) is 32.4 Å². The van der Waals surface area contributed by atoms with E-state index in [1.165, 1.54) is 25.7 Å². The lowest BCUT2D eigenvalue weighted by atomic mass is 10.1. The van der Waals surface area contributed by atoms with E-state index in [1.807, 2.05) is 32.2 Å². The average Bonchev–Trinajstić information content (AvgIpc) is 2.68. The van der Waals surface area contributed by atoms with Crippen LogP contribution < -0.4 is 10.6 Å². The highest BCUT2D eigenvalue weighted by Crippen LogP contribution is 2.05. The number of unbranched alkanes of at least 4 members (excludes halogenated alkanes) is 3. The van der Waals surface area contributed by atoms with Crippen LogP contribution in [0, 0.1) is 0 Å². The van der Waals surface area contributed by atoms with Gasteiger partial charge in [0.25, 0.3) is 0 Å². The largest absolute Gasteiger partial charge is 0.357 e. The van der Waals surface area contributed by atoms with Gasteiger partial charge in [0.05, 0.1) is 0 Å². The van der Waals surface area contributed by atoms with E-state index in [0.717, 1.165) is 25.1 Å². The van der Waals surface area contributed by atoms with E-state index in [0.29, 0.717) is 18.5 Å². The zero-order valence-corrected chi connectivity index (χ0v) is 20.2. The number of aliphatic imine (C=N–C) groups is 1. The van der Waals surface area contributed by atoms with E-state index < -0.39 is 0 Å². The van der Waals surface area contributed by atoms with Crippen molar-refractivity contribution in [3.63, 3.8) is 0 Å². The van der Waals surface area contributed by atoms with Crippen LogP contribution in [0.5, 0.6) is 0 Å². The Bertz CT molecular complexity index is 553. The van der Waals surface area contributed by atoms with Crippen LogP contribution in [0.4, 0.5) is 0 Å². The van der Waals surface area contributed by atoms with Crippen molar-refractivity contribution in [1.82, 2.24) is 20.5 Å². The van der Waals surface area contributed by atoms with Crippen molar-refractivity contribution in [2.24, 2.45) is 4.99 Å². The molecule has 1 aromatic heterocycles. The number of nitrogens with one attached hydrogen (secondary N) is 2. The normalized spacial score (nSPS) is 12.1. The molecule has 0 aliphatic heterocycles. The fourth-order valence-electron chi connectivity index (χ4n) is 2.72. The molecule has 0 bridgehead atoms. The Labute approximate surface area is 188 Å². The number of carbonyl (C=O) groups is 1. The lowest BCUT2D eigenvalue weighted by molar-refractivity contribution is -0.128. The van der Waals surface area contributed by atoms with Crippen LogP contribution in [0.25, 0.3) is 0 Å². The van der Waals surface area contributed by atoms with Gasteiger partial charge in [0.2, 0.25) is 5.91 Å². The summed E-state index contributed by atoms with van der Waals surface area (Å²) in [5.74, 6) is 0.728. The Morgan fingerprint density at radius 3 is 2.68 bits per heavy atom. The molecule has 1 heterocycles. The minimum Gasteiger partial charge on any atom is -0.357 e. The second-order valence-corrected chi connectivity index (χ2v) is 6.98. The van der Waals surface area contributed by atoms with E-state index in [2.05, 4.69) is 34.5 Å². The lowest BCUT2D eigenvalue weighted by Gasteiger charge is -2.19. The standard InChI is InChI=1S/C21H37N5O.HI/c1-5-7-8-9-12-18(3)25-21(22-6-2)24-17-20(27)26(4)16-14-19-13-10-11-15-23-19;/h10-11,13,15,18H,5-9,12,14,16-17H2,1-4H3,(H2,22,24,25);1H. The van der Waals surface area contributed by atoms with Gasteiger partial charge in [-0.3, -0.25) is 9.78 Å². The molecule has 28 heavy (non-hydrogen) atoms. The van der Waals surface area contributed by atoms with Crippen LogP contribution in [0.15, 0.2) is 29.4 Å². The Kier molecular flexibility index (Phi) is 15.7. The predicted octanol–water partition coefficient (Wildman–Crippen LogP) is 3.61. The van der Waals surface area contributed by atoms with Crippen LogP contribution in [-0.2, 0) is 11.2 Å². The van der Waals surface area contributed by atoms with Gasteiger partial charge in [-0.2, -0.15) is 0 Å². The van der Waals surface area contributed by atoms with Crippen molar-refractivity contribution in [3.05, 3.63) is 30.1 Å². The molecular weight excluding hydrogens is 465 g/mol. The predicted molar refractivity (Wildman–Crippen MR) is 128 cm³/mol. The highest BCUT2D eigenvalue weighted by molar-refractivity contribution is 14.0. The van der Waals surface area contributed by atoms with Crippen molar-refractivity contribution < 1.29 is 4.79 Å². The molecule has 0 aliphatic carbocycles. The molecule has 1 amide bonds. The zero-order chi connectivity index (χ0) is 19.9. The number of rotatable bonds is 12. The number of amides is 1. The molecule has 1 aromatic rings. The zero-order valence-electron chi connectivity index (χ0n) is 17.9. The summed E-state index contributed by atoms with van der Waals surface area (Å²) in [5.41, 5.74) is 0.993. The second-order valence-electron chi connectivity index (χ2n) is 6.98. The summed E-state index contributed by atoms with van der Waals surface area (Å²) in [6.07, 6.45) is 8.68. The number of hydrogen-bond donors (Lipinski definition) is 2. The first-order valence-corrected chi connectivity index (χ1v) is 10.3. The Morgan fingerprint density at radius 1 is 1.25 bits per heavy atom. The number of pyridine rings is 1. The van der Waals surface area contributed by atoms with Crippen molar-refractivity contribution in [2.45, 2.75) is 65.3 Å². The fourth-order valence-corrected chi connectivity index (χ4v) is 2.72. The van der Waals surface area contributed by atoms with Crippen LogP contribution in [0.3, 0.4) is 0 Å². The molecule has 0 aliphatic rings. The van der Waals surface area contributed by atoms with Crippen LogP contribution >= 0.6 is 24.0 Å². The monoisotopic (exact) mass is 503 g/mol. The molecule has 0 fully saturated rings. The van der Waals surface area contributed by atoms with Crippen LogP contribution in [0.2, 0.25) is 0 Å². The van der Waals surface area contributed by atoms with Crippen molar-refractivity contribution in [3.8, 4) is 0 Å². The van der Waals surface area contributed by atoms with Gasteiger partial charge in [0, 0.05) is 44.5 Å². The molecule has 2 N–H and O–H groups in total. The maximum atomic E-state index is 12.3. The quantitative estimate of drug-likeness (QED) is 0.198. The summed E-state index contributed by atoms with van der Waals surface area (Å²) in [4.78, 5) is 22.8. The molecule has 0 spiro atoms. The van der Waals surface area contributed by atoms with E-state index in [1.54, 1.807) is 11.1 Å². The second kappa shape index (κ2) is 16.6. The third-order valence-electron chi connectivity index (χ3n) is 4.45. The molecule has 1 unspecified atom stereocenters. The van der Waals surface area contributed by atoms with Crippen molar-refractivity contribution >= 4 is 35.8 Å². The summed E-state index contributed by atoms with van der Waals surface area (Å²) >= 11 is 0. The minimum absolute atomic E-state index is 0. The lowest BCUT2D eigenvalue weighted by Crippen LogP contribution is -2.43. The van der Waals surface area contributed by atoms with Gasteiger partial charge in [0.15, 0.2) is 5.96 Å². The first-order valence-electron chi connectivity index (χ1n) is 10.3. The molecule has 6 nitrogen and oxygen atoms in total. The molecular formula is C21H38IN5O. The molecule has 1 rings (SSSR count). The number of carbonyl (C=O) groups excluding carboxylic acids is 1. The molecule has 160 valence electrons. The summed E-state index contributed by atoms with van der Waals surface area (Å²) in [6.45, 7) is 7.99. The molecule has 0 saturated carbocycles. The molecule has 0 radical (unpaired) electrons. The maximum Gasteiger partial charge on any atom is 0.244 e. The van der Waals surface area contributed by atoms with Gasteiger partial charge < -0.3 is 15.5 Å². The summed E-state index contributed by atoms with van der Waals surface area (Å²) < 4.78 is 0. The van der Waals surface area contributed by atoms with E-state index in [-0.39, 0.29) is 36.4 Å². The van der Waals surface area contributed by atoms with Gasteiger partial charge in [-0.15, -0.1) is 24.0 Å². The highest BCUT2D eigenvalue weighted by atomic mass is 127. The fraction of sp³-hybridized carbons (Fsp3) is 0.667. The summed E-state index contributed by atoms with van der Waals surface area (Å²) in [6, 6.07) is 6.18. The molecule has 0 saturated heterocycles. The van der Waals surface area contributed by atoms with Gasteiger partial charge in [-0.1, -0.05) is 38.7 Å². The summed E-state index contributed by atoms with van der Waals surface area (Å²) in [7, 11) is 1.82. The topological polar surface area (TPSA) is 69.6 Å². The Hall–Kier alpha value is -1.38. The maximum absolute atomic E-state index is 12.3. The van der Waals surface area contributed by atoms with Gasteiger partial charge in [-0.25, -0.2) is 4.99 Å². The number of likely N-dealkylation sites (N-methyl/N-ethyl adjacent to an activating group) is 1. The first-order chi connectivity index (χ1) is 13.1. The molecule has 1 atom stereocenters. The number of aromatic nitrogens is 1. The number of nitrogens with zero attached hydrogens (tertiary/aromatic N) is 3. The Balaban J connectivity index is 0.00000729. The van der Waals surface area contributed by atoms with Crippen LogP contribution in [-0.4, -0.2) is 54.5 Å². The summed E-state index contributed by atoms with van der Waals surface area (Å²) in [5, 5.41) is 6.63. The van der Waals surface area contributed by atoms with Gasteiger partial charge >= 0.3 is 0 Å². The van der Waals surface area contributed by atoms with E-state index >= 15 is 0 Å². The van der Waals surface area contributed by atoms with Crippen LogP contribution in [0.1, 0.15) is 58.6 Å². The van der Waals surface area contributed by atoms with E-state index in [4.69, 9.17) is 0 Å². The third kappa shape index (κ3) is 12.2. The highest BCUT2D eigenvalue weighted by Gasteiger charge is 2.10. The third-order valence-corrected chi connectivity index (χ3v) is 4.45. The number of hydrogen-bond acceptors (Lipinski definition) is 3. The number of halogens is 1. The van der Waals surface area contributed by atoms with Gasteiger partial charge in [0.1, 0.15) is 6.54 Å². The minimum atomic E-state index is 0. The first kappa shape index (κ1) is 26.6. The molecule has 0 aromatic carbocycles. The molecule has 7 heteroatoms. The smallest absolute Gasteiger partial charge is 0.244 e. The Morgan fingerprint density at radius 2 is 2.04 bits per heavy atom. The average molecular weight is 503 g/mol.